The average Bonchev–Trinajstić information content (AvgIpc) is 2.41. The summed E-state index contributed by atoms with van der Waals surface area (Å²) in [6.07, 6.45) is 0. The lowest BCUT2D eigenvalue weighted by molar-refractivity contribution is 0.255. The highest BCUT2D eigenvalue weighted by Gasteiger charge is 2.18. The van der Waals surface area contributed by atoms with Crippen LogP contribution in [0.3, 0.4) is 0 Å². The molecule has 21 heavy (non-hydrogen) atoms. The Bertz CT molecular complexity index is 624. The molecule has 0 bridgehead atoms. The fourth-order valence-electron chi connectivity index (χ4n) is 1.71. The van der Waals surface area contributed by atoms with Crippen LogP contribution >= 0.6 is 10.8 Å². The van der Waals surface area contributed by atoms with Gasteiger partial charge in [0.25, 0.3) is 0 Å². The van der Waals surface area contributed by atoms with Gasteiger partial charge in [0.05, 0.1) is 4.90 Å². The summed E-state index contributed by atoms with van der Waals surface area (Å²) in [6.45, 7) is 3.84. The van der Waals surface area contributed by atoms with Gasteiger partial charge in [-0.1, -0.05) is 46.2 Å². The normalized spacial score (nSPS) is 11.8. The Morgan fingerprint density at radius 1 is 0.905 bits per heavy atom. The van der Waals surface area contributed by atoms with Gasteiger partial charge in [-0.15, -0.1) is 0 Å². The van der Waals surface area contributed by atoms with Crippen LogP contribution in [0, 0.1) is 13.8 Å². The van der Waals surface area contributed by atoms with E-state index in [4.69, 9.17) is 0 Å². The largest absolute Gasteiger partial charge is 0.337 e. The molecule has 2 amide bonds. The Labute approximate surface area is 125 Å². The van der Waals surface area contributed by atoms with Gasteiger partial charge in [-0.05, 0) is 38.1 Å². The molecule has 0 saturated carbocycles. The molecule has 0 saturated heterocycles. The van der Waals surface area contributed by atoms with E-state index in [9.17, 15) is 13.9 Å². The number of rotatable bonds is 3. The second kappa shape index (κ2) is 6.17. The van der Waals surface area contributed by atoms with Crippen molar-refractivity contribution in [2.75, 3.05) is 5.32 Å². The molecule has 112 valence electrons. The summed E-state index contributed by atoms with van der Waals surface area (Å²) in [5.41, 5.74) is 2.65. The smallest absolute Gasteiger partial charge is 0.307 e. The van der Waals surface area contributed by atoms with Crippen LogP contribution in [0.25, 0.3) is 0 Å². The molecule has 0 heterocycles. The maximum atomic E-state index is 11.8. The lowest BCUT2D eigenvalue weighted by Gasteiger charge is -2.32. The van der Waals surface area contributed by atoms with Gasteiger partial charge in [-0.2, -0.15) is 0 Å². The van der Waals surface area contributed by atoms with E-state index >= 15 is 0 Å². The number of carbonyl (C=O) groups excluding carboxylic acids is 1. The lowest BCUT2D eigenvalue weighted by atomic mass is 10.2. The molecule has 0 radical (unpaired) electrons. The van der Waals surface area contributed by atoms with E-state index in [-0.39, 0.29) is 4.90 Å². The van der Waals surface area contributed by atoms with Crippen molar-refractivity contribution >= 4 is 22.5 Å². The second-order valence-electron chi connectivity index (χ2n) is 4.78. The zero-order valence-corrected chi connectivity index (χ0v) is 12.6. The van der Waals surface area contributed by atoms with Crippen molar-refractivity contribution in [2.24, 2.45) is 0 Å². The van der Waals surface area contributed by atoms with Crippen LogP contribution in [0.2, 0.25) is 0 Å². The molecule has 4 N–H and O–H groups in total. The number of nitrogens with one attached hydrogen (secondary N) is 2. The number of urea groups is 1. The molecular formula is C15H18N2O3S. The van der Waals surface area contributed by atoms with Crippen molar-refractivity contribution in [1.29, 1.82) is 0 Å². The monoisotopic (exact) mass is 306 g/mol. The highest BCUT2D eigenvalue weighted by Crippen LogP contribution is 2.43. The minimum atomic E-state index is -3.37. The number of anilines is 1. The molecular weight excluding hydrogens is 288 g/mol. The Kier molecular flexibility index (Phi) is 4.52. The maximum absolute atomic E-state index is 11.8. The Morgan fingerprint density at radius 2 is 1.38 bits per heavy atom. The van der Waals surface area contributed by atoms with E-state index in [1.807, 2.05) is 26.0 Å². The van der Waals surface area contributed by atoms with Crippen molar-refractivity contribution < 1.29 is 13.9 Å². The van der Waals surface area contributed by atoms with Crippen molar-refractivity contribution in [3.63, 3.8) is 0 Å². The number of benzene rings is 2. The van der Waals surface area contributed by atoms with Gasteiger partial charge in [0.1, 0.15) is 0 Å². The van der Waals surface area contributed by atoms with Gasteiger partial charge in [0.2, 0.25) is 0 Å². The van der Waals surface area contributed by atoms with Gasteiger partial charge < -0.3 is 5.32 Å². The van der Waals surface area contributed by atoms with Gasteiger partial charge >= 0.3 is 6.03 Å². The maximum Gasteiger partial charge on any atom is 0.337 e. The highest BCUT2D eigenvalue weighted by atomic mass is 32.3. The summed E-state index contributed by atoms with van der Waals surface area (Å²) in [5, 5.41) is 2.56. The number of carbonyl (C=O) groups is 1. The molecule has 2 aromatic rings. The molecule has 2 rings (SSSR count). The predicted molar refractivity (Wildman–Crippen MR) is 85.6 cm³/mol. The first-order chi connectivity index (χ1) is 9.87. The minimum absolute atomic E-state index is 0.271. The molecule has 0 aliphatic carbocycles. The first-order valence-corrected chi connectivity index (χ1v) is 7.92. The first kappa shape index (κ1) is 15.4. The third kappa shape index (κ3) is 4.22. The fourth-order valence-corrected chi connectivity index (χ4v) is 2.65. The average molecular weight is 306 g/mol. The second-order valence-corrected chi connectivity index (χ2v) is 6.56. The van der Waals surface area contributed by atoms with Crippen LogP contribution in [0.4, 0.5) is 10.5 Å². The molecule has 0 spiro atoms. The molecule has 0 fully saturated rings. The van der Waals surface area contributed by atoms with Gasteiger partial charge in [0, 0.05) is 5.69 Å². The van der Waals surface area contributed by atoms with Crippen molar-refractivity contribution in [3.05, 3.63) is 59.7 Å². The summed E-state index contributed by atoms with van der Waals surface area (Å²) in [4.78, 5) is 12.1. The first-order valence-electron chi connectivity index (χ1n) is 6.37. The quantitative estimate of drug-likeness (QED) is 0.687. The van der Waals surface area contributed by atoms with Crippen LogP contribution in [-0.2, 0) is 0 Å². The minimum Gasteiger partial charge on any atom is -0.307 e. The van der Waals surface area contributed by atoms with Gasteiger partial charge in [-0.3, -0.25) is 9.11 Å². The molecule has 0 unspecified atom stereocenters. The number of aryl methyl sites for hydroxylation is 2. The fraction of sp³-hybridized carbons (Fsp3) is 0.133. The number of hydrogen-bond acceptors (Lipinski definition) is 3. The van der Waals surface area contributed by atoms with Crippen molar-refractivity contribution in [1.82, 2.24) is 4.72 Å². The molecule has 0 atom stereocenters. The summed E-state index contributed by atoms with van der Waals surface area (Å²) in [5.74, 6) is 0. The third-order valence-electron chi connectivity index (χ3n) is 2.89. The predicted octanol–water partition coefficient (Wildman–Crippen LogP) is 4.15. The molecule has 5 nitrogen and oxygen atoms in total. The Balaban J connectivity index is 2.03. The molecule has 0 aliphatic heterocycles. The third-order valence-corrected chi connectivity index (χ3v) is 4.29. The molecule has 6 heteroatoms. The summed E-state index contributed by atoms with van der Waals surface area (Å²) >= 11 is 0. The van der Waals surface area contributed by atoms with E-state index in [0.29, 0.717) is 5.69 Å². The van der Waals surface area contributed by atoms with Crippen LogP contribution in [-0.4, -0.2) is 15.1 Å². The van der Waals surface area contributed by atoms with E-state index in [1.54, 1.807) is 36.4 Å². The van der Waals surface area contributed by atoms with Crippen molar-refractivity contribution in [2.45, 2.75) is 18.7 Å². The number of amides is 2. The molecule has 0 aliphatic rings. The van der Waals surface area contributed by atoms with E-state index in [2.05, 4.69) is 10.0 Å². The Morgan fingerprint density at radius 3 is 1.90 bits per heavy atom. The summed E-state index contributed by atoms with van der Waals surface area (Å²) < 4.78 is 22.3. The van der Waals surface area contributed by atoms with Crippen molar-refractivity contribution in [3.8, 4) is 0 Å². The van der Waals surface area contributed by atoms with Gasteiger partial charge in [0.15, 0.2) is 0 Å². The zero-order valence-electron chi connectivity index (χ0n) is 11.8. The van der Waals surface area contributed by atoms with E-state index < -0.39 is 16.8 Å². The van der Waals surface area contributed by atoms with Gasteiger partial charge in [-0.25, -0.2) is 9.52 Å². The number of hydrogen-bond donors (Lipinski definition) is 4. The summed E-state index contributed by atoms with van der Waals surface area (Å²) in [7, 11) is -3.37. The molecule has 2 aromatic carbocycles. The lowest BCUT2D eigenvalue weighted by Crippen LogP contribution is -2.31. The van der Waals surface area contributed by atoms with Crippen LogP contribution in [0.1, 0.15) is 11.1 Å². The standard InChI is InChI=1S/C15H18N2O3S/c1-11-3-7-13(8-4-11)16-15(18)17-21(19,20)14-9-5-12(2)6-10-14/h3-10,19-20H,1-2H3,(H2,16,17,18). The topological polar surface area (TPSA) is 81.6 Å². The van der Waals surface area contributed by atoms with E-state index in [0.717, 1.165) is 11.1 Å². The van der Waals surface area contributed by atoms with Crippen LogP contribution in [0.15, 0.2) is 53.4 Å². The SMILES string of the molecule is Cc1ccc(NC(=O)NS(O)(O)c2ccc(C)cc2)cc1. The van der Waals surface area contributed by atoms with E-state index in [1.165, 1.54) is 0 Å². The van der Waals surface area contributed by atoms with Crippen LogP contribution in [0.5, 0.6) is 0 Å². The Hall–Kier alpha value is -2.02. The van der Waals surface area contributed by atoms with Crippen LogP contribution < -0.4 is 10.0 Å². The molecule has 0 aromatic heterocycles. The highest BCUT2D eigenvalue weighted by molar-refractivity contribution is 8.23. The summed E-state index contributed by atoms with van der Waals surface area (Å²) in [6, 6.07) is 13.2. The zero-order chi connectivity index (χ0) is 15.5.